The van der Waals surface area contributed by atoms with E-state index in [1.807, 2.05) is 6.92 Å². The van der Waals surface area contributed by atoms with Crippen molar-refractivity contribution >= 4 is 19.6 Å². The van der Waals surface area contributed by atoms with Gasteiger partial charge in [-0.05, 0) is 11.5 Å². The molecule has 0 spiro atoms. The summed E-state index contributed by atoms with van der Waals surface area (Å²) in [5, 5.41) is 0. The predicted molar refractivity (Wildman–Crippen MR) is 34.8 cm³/mol. The lowest BCUT2D eigenvalue weighted by Crippen LogP contribution is -1.83. The Morgan fingerprint density at radius 1 is 1.75 bits per heavy atom. The smallest absolute Gasteiger partial charge is 0.147 e. The van der Waals surface area contributed by atoms with Crippen molar-refractivity contribution in [3.8, 4) is 0 Å². The van der Waals surface area contributed by atoms with E-state index in [9.17, 15) is 4.57 Å². The first kappa shape index (κ1) is 8.35. The molecule has 0 aliphatic rings. The first-order chi connectivity index (χ1) is 3.81. The summed E-state index contributed by atoms with van der Waals surface area (Å²) in [6.45, 7) is 2.31. The molecular formula is C4H9ClO2P+. The molecule has 0 aromatic heterocycles. The van der Waals surface area contributed by atoms with Gasteiger partial charge in [0.05, 0.1) is 12.5 Å². The average Bonchev–Trinajstić information content (AvgIpc) is 1.68. The maximum Gasteiger partial charge on any atom is 0.509 e. The van der Waals surface area contributed by atoms with Gasteiger partial charge in [-0.1, -0.05) is 0 Å². The fourth-order valence-electron chi connectivity index (χ4n) is 0.278. The van der Waals surface area contributed by atoms with Crippen LogP contribution in [0.15, 0.2) is 0 Å². The lowest BCUT2D eigenvalue weighted by atomic mass is 10.9. The van der Waals surface area contributed by atoms with Gasteiger partial charge >= 0.3 is 8.03 Å². The van der Waals surface area contributed by atoms with Gasteiger partial charge in [-0.2, -0.15) is 0 Å². The second-order valence-electron chi connectivity index (χ2n) is 1.16. The van der Waals surface area contributed by atoms with E-state index in [-0.39, 0.29) is 0 Å². The van der Waals surface area contributed by atoms with Crippen LogP contribution in [0.4, 0.5) is 0 Å². The van der Waals surface area contributed by atoms with Gasteiger partial charge in [0.1, 0.15) is 0 Å². The van der Waals surface area contributed by atoms with Crippen LogP contribution in [0.3, 0.4) is 0 Å². The first-order valence-electron chi connectivity index (χ1n) is 2.44. The van der Waals surface area contributed by atoms with Gasteiger partial charge in [0.2, 0.25) is 0 Å². The number of hydrogen-bond donors (Lipinski definition) is 0. The summed E-state index contributed by atoms with van der Waals surface area (Å²) in [4.78, 5) is 0. The lowest BCUT2D eigenvalue weighted by Gasteiger charge is -1.78. The van der Waals surface area contributed by atoms with Gasteiger partial charge in [0, 0.05) is 0 Å². The molecule has 0 radical (unpaired) electrons. The maximum absolute atomic E-state index is 10.5. The highest BCUT2D eigenvalue weighted by molar-refractivity contribution is 7.39. The summed E-state index contributed by atoms with van der Waals surface area (Å²) < 4.78 is 15.2. The molecule has 0 heterocycles. The van der Waals surface area contributed by atoms with Crippen molar-refractivity contribution in [1.29, 1.82) is 0 Å². The molecule has 0 bridgehead atoms. The van der Waals surface area contributed by atoms with Crippen molar-refractivity contribution in [3.63, 3.8) is 0 Å². The van der Waals surface area contributed by atoms with Crippen molar-refractivity contribution in [2.45, 2.75) is 6.92 Å². The zero-order chi connectivity index (χ0) is 6.41. The molecular weight excluding hydrogens is 146 g/mol. The fourth-order valence-corrected chi connectivity index (χ4v) is 1.25. The minimum absolute atomic E-state index is 0.412. The molecule has 0 amide bonds. The third kappa shape index (κ3) is 4.51. The normalized spacial score (nSPS) is 11.5. The zero-order valence-corrected chi connectivity index (χ0v) is 6.41. The molecule has 0 rings (SSSR count). The zero-order valence-electron chi connectivity index (χ0n) is 4.76. The highest BCUT2D eigenvalue weighted by Gasteiger charge is 2.12. The Balaban J connectivity index is 3.06. The van der Waals surface area contributed by atoms with E-state index in [0.29, 0.717) is 18.6 Å². The molecule has 0 aromatic rings. The molecule has 4 heteroatoms. The Morgan fingerprint density at radius 3 is 2.75 bits per heavy atom. The molecule has 0 aromatic carbocycles. The summed E-state index contributed by atoms with van der Waals surface area (Å²) in [6, 6.07) is 0. The Hall–Kier alpha value is 0.350. The highest BCUT2D eigenvalue weighted by atomic mass is 35.5. The van der Waals surface area contributed by atoms with Gasteiger partial charge in [0.15, 0.2) is 6.16 Å². The first-order valence-corrected chi connectivity index (χ1v) is 4.34. The van der Waals surface area contributed by atoms with Crippen LogP contribution in [0.2, 0.25) is 0 Å². The minimum Gasteiger partial charge on any atom is -0.147 e. The van der Waals surface area contributed by atoms with E-state index in [0.717, 1.165) is 0 Å². The Morgan fingerprint density at radius 2 is 2.38 bits per heavy atom. The summed E-state index contributed by atoms with van der Waals surface area (Å²) in [5.41, 5.74) is 0. The molecule has 1 atom stereocenters. The molecule has 1 unspecified atom stereocenters. The molecule has 0 fully saturated rings. The number of halogens is 1. The van der Waals surface area contributed by atoms with Crippen LogP contribution in [0.1, 0.15) is 6.92 Å². The van der Waals surface area contributed by atoms with E-state index in [2.05, 4.69) is 0 Å². The maximum atomic E-state index is 10.5. The molecule has 0 aliphatic carbocycles. The molecule has 0 N–H and O–H groups in total. The SMILES string of the molecule is CCO[P+](=O)CCCl. The highest BCUT2D eigenvalue weighted by Crippen LogP contribution is 2.20. The lowest BCUT2D eigenvalue weighted by molar-refractivity contribution is 0.351. The summed E-state index contributed by atoms with van der Waals surface area (Å²) in [7, 11) is -1.46. The average molecular weight is 156 g/mol. The van der Waals surface area contributed by atoms with Crippen molar-refractivity contribution in [2.24, 2.45) is 0 Å². The van der Waals surface area contributed by atoms with E-state index in [1.165, 1.54) is 0 Å². The largest absolute Gasteiger partial charge is 0.509 e. The van der Waals surface area contributed by atoms with Crippen LogP contribution in [0, 0.1) is 0 Å². The Labute approximate surface area is 55.0 Å². The molecule has 0 aliphatic heterocycles. The summed E-state index contributed by atoms with van der Waals surface area (Å²) in [5.74, 6) is 0.412. The van der Waals surface area contributed by atoms with E-state index >= 15 is 0 Å². The number of rotatable bonds is 4. The van der Waals surface area contributed by atoms with Crippen LogP contribution in [-0.2, 0) is 9.09 Å². The van der Waals surface area contributed by atoms with Crippen LogP contribution in [0.25, 0.3) is 0 Å². The van der Waals surface area contributed by atoms with Crippen LogP contribution >= 0.6 is 19.6 Å². The van der Waals surface area contributed by atoms with Crippen molar-refractivity contribution in [1.82, 2.24) is 0 Å². The quantitative estimate of drug-likeness (QED) is 0.459. The van der Waals surface area contributed by atoms with Crippen LogP contribution < -0.4 is 0 Å². The fraction of sp³-hybridized carbons (Fsp3) is 1.00. The van der Waals surface area contributed by atoms with Crippen molar-refractivity contribution in [3.05, 3.63) is 0 Å². The van der Waals surface area contributed by atoms with E-state index in [1.54, 1.807) is 0 Å². The van der Waals surface area contributed by atoms with Crippen LogP contribution in [0.5, 0.6) is 0 Å². The van der Waals surface area contributed by atoms with Crippen molar-refractivity contribution < 1.29 is 9.09 Å². The van der Waals surface area contributed by atoms with Gasteiger partial charge in [-0.15, -0.1) is 16.1 Å². The molecule has 48 valence electrons. The third-order valence-corrected chi connectivity index (χ3v) is 2.13. The Bertz CT molecular complexity index is 68.4. The molecule has 2 nitrogen and oxygen atoms in total. The monoisotopic (exact) mass is 155 g/mol. The molecule has 8 heavy (non-hydrogen) atoms. The summed E-state index contributed by atoms with van der Waals surface area (Å²) in [6.07, 6.45) is 0.463. The molecule has 0 saturated heterocycles. The minimum atomic E-state index is -1.46. The topological polar surface area (TPSA) is 26.3 Å². The van der Waals surface area contributed by atoms with Gasteiger partial charge < -0.3 is 0 Å². The standard InChI is InChI=1S/C4H9ClO2P/c1-2-7-8(6)4-3-5/h2-4H2,1H3/q+1. The number of hydrogen-bond acceptors (Lipinski definition) is 2. The Kier molecular flexibility index (Phi) is 5.73. The number of alkyl halides is 1. The van der Waals surface area contributed by atoms with Crippen LogP contribution in [-0.4, -0.2) is 18.6 Å². The van der Waals surface area contributed by atoms with Gasteiger partial charge in [0.25, 0.3) is 0 Å². The van der Waals surface area contributed by atoms with Gasteiger partial charge in [-0.25, -0.2) is 0 Å². The summed E-state index contributed by atoms with van der Waals surface area (Å²) >= 11 is 5.27. The second-order valence-corrected chi connectivity index (χ2v) is 2.91. The molecule has 0 saturated carbocycles. The van der Waals surface area contributed by atoms with E-state index < -0.39 is 8.03 Å². The second kappa shape index (κ2) is 5.49. The van der Waals surface area contributed by atoms with Gasteiger partial charge in [-0.3, -0.25) is 0 Å². The third-order valence-electron chi connectivity index (χ3n) is 0.540. The van der Waals surface area contributed by atoms with Crippen molar-refractivity contribution in [2.75, 3.05) is 18.6 Å². The van der Waals surface area contributed by atoms with E-state index in [4.69, 9.17) is 16.1 Å². The predicted octanol–water partition coefficient (Wildman–Crippen LogP) is 2.00.